The molecular formula is C9H14O3. The Labute approximate surface area is 72.4 Å². The van der Waals surface area contributed by atoms with E-state index >= 15 is 0 Å². The maximum atomic E-state index is 10.6. The molecule has 0 atom stereocenters. The van der Waals surface area contributed by atoms with Crippen LogP contribution in [-0.2, 0) is 14.3 Å². The number of aldehydes is 1. The van der Waals surface area contributed by atoms with Gasteiger partial charge in [-0.2, -0.15) is 0 Å². The van der Waals surface area contributed by atoms with Crippen molar-refractivity contribution in [1.82, 2.24) is 0 Å². The van der Waals surface area contributed by atoms with Crippen molar-refractivity contribution in [2.24, 2.45) is 0 Å². The van der Waals surface area contributed by atoms with Crippen LogP contribution in [0.4, 0.5) is 0 Å². The van der Waals surface area contributed by atoms with Crippen LogP contribution in [0.5, 0.6) is 0 Å². The molecule has 0 aliphatic rings. The van der Waals surface area contributed by atoms with Crippen molar-refractivity contribution in [2.45, 2.75) is 25.7 Å². The van der Waals surface area contributed by atoms with Gasteiger partial charge in [-0.1, -0.05) is 12.2 Å². The monoisotopic (exact) mass is 170 g/mol. The molecule has 0 aromatic rings. The van der Waals surface area contributed by atoms with Gasteiger partial charge in [0.2, 0.25) is 0 Å². The normalized spacial score (nSPS) is 10.1. The molecule has 0 unspecified atom stereocenters. The Morgan fingerprint density at radius 1 is 1.25 bits per heavy atom. The Hall–Kier alpha value is -1.12. The zero-order valence-corrected chi connectivity index (χ0v) is 7.29. The molecule has 3 heteroatoms. The Bertz CT molecular complexity index is 161. The number of allylic oxidation sites excluding steroid dienone is 2. The lowest BCUT2D eigenvalue weighted by Crippen LogP contribution is -1.97. The number of rotatable bonds is 6. The summed E-state index contributed by atoms with van der Waals surface area (Å²) >= 11 is 0. The molecule has 0 radical (unpaired) electrons. The van der Waals surface area contributed by atoms with Gasteiger partial charge in [0.05, 0.1) is 7.11 Å². The van der Waals surface area contributed by atoms with E-state index in [1.54, 1.807) is 0 Å². The van der Waals surface area contributed by atoms with Crippen molar-refractivity contribution in [1.29, 1.82) is 0 Å². The second-order valence-corrected chi connectivity index (χ2v) is 2.33. The van der Waals surface area contributed by atoms with Gasteiger partial charge in [-0.05, 0) is 12.8 Å². The summed E-state index contributed by atoms with van der Waals surface area (Å²) in [5.41, 5.74) is 0. The quantitative estimate of drug-likeness (QED) is 0.262. The molecule has 0 aliphatic carbocycles. The van der Waals surface area contributed by atoms with Crippen LogP contribution in [0.15, 0.2) is 12.2 Å². The predicted molar refractivity (Wildman–Crippen MR) is 45.7 cm³/mol. The maximum absolute atomic E-state index is 10.6. The molecule has 0 amide bonds. The fourth-order valence-corrected chi connectivity index (χ4v) is 0.703. The molecule has 0 aliphatic heterocycles. The second kappa shape index (κ2) is 7.98. The molecule has 0 fully saturated rings. The van der Waals surface area contributed by atoms with Gasteiger partial charge in [-0.15, -0.1) is 0 Å². The average Bonchev–Trinajstić information content (AvgIpc) is 2.10. The minimum absolute atomic E-state index is 0.199. The minimum atomic E-state index is -0.199. The first-order valence-electron chi connectivity index (χ1n) is 3.96. The highest BCUT2D eigenvalue weighted by molar-refractivity contribution is 5.69. The summed E-state index contributed by atoms with van der Waals surface area (Å²) in [4.78, 5) is 20.5. The summed E-state index contributed by atoms with van der Waals surface area (Å²) in [6.45, 7) is 0. The Morgan fingerprint density at radius 2 is 1.92 bits per heavy atom. The lowest BCUT2D eigenvalue weighted by atomic mass is 10.2. The van der Waals surface area contributed by atoms with Crippen LogP contribution >= 0.6 is 0 Å². The fourth-order valence-electron chi connectivity index (χ4n) is 0.703. The molecule has 3 nitrogen and oxygen atoms in total. The van der Waals surface area contributed by atoms with Crippen LogP contribution in [0.25, 0.3) is 0 Å². The smallest absolute Gasteiger partial charge is 0.305 e. The summed E-state index contributed by atoms with van der Waals surface area (Å²) in [7, 11) is 1.37. The van der Waals surface area contributed by atoms with Gasteiger partial charge in [0.1, 0.15) is 6.29 Å². The average molecular weight is 170 g/mol. The van der Waals surface area contributed by atoms with Crippen molar-refractivity contribution in [2.75, 3.05) is 7.11 Å². The number of esters is 1. The number of unbranched alkanes of at least 4 members (excludes halogenated alkanes) is 1. The Morgan fingerprint density at radius 3 is 2.50 bits per heavy atom. The molecule has 0 spiro atoms. The van der Waals surface area contributed by atoms with Crippen molar-refractivity contribution in [3.63, 3.8) is 0 Å². The van der Waals surface area contributed by atoms with Crippen molar-refractivity contribution < 1.29 is 14.3 Å². The van der Waals surface area contributed by atoms with Gasteiger partial charge >= 0.3 is 5.97 Å². The SMILES string of the molecule is COC(=O)CC/C=C/CCC=O. The number of hydrogen-bond acceptors (Lipinski definition) is 3. The van der Waals surface area contributed by atoms with Crippen LogP contribution in [-0.4, -0.2) is 19.4 Å². The Kier molecular flexibility index (Phi) is 7.24. The third kappa shape index (κ3) is 6.99. The van der Waals surface area contributed by atoms with Crippen LogP contribution in [0.2, 0.25) is 0 Å². The van der Waals surface area contributed by atoms with Gasteiger partial charge in [0.25, 0.3) is 0 Å². The van der Waals surface area contributed by atoms with Crippen molar-refractivity contribution in [3.05, 3.63) is 12.2 Å². The van der Waals surface area contributed by atoms with E-state index in [2.05, 4.69) is 4.74 Å². The molecule has 0 N–H and O–H groups in total. The van der Waals surface area contributed by atoms with E-state index in [9.17, 15) is 9.59 Å². The van der Waals surface area contributed by atoms with Gasteiger partial charge in [0, 0.05) is 12.8 Å². The molecule has 0 saturated heterocycles. The van der Waals surface area contributed by atoms with E-state index in [1.807, 2.05) is 12.2 Å². The fraction of sp³-hybridized carbons (Fsp3) is 0.556. The van der Waals surface area contributed by atoms with Crippen molar-refractivity contribution in [3.8, 4) is 0 Å². The van der Waals surface area contributed by atoms with Gasteiger partial charge in [-0.25, -0.2) is 0 Å². The predicted octanol–water partition coefficient (Wildman–Crippen LogP) is 1.47. The highest BCUT2D eigenvalue weighted by Gasteiger charge is 1.94. The standard InChI is InChI=1S/C9H14O3/c1-12-9(11)7-5-3-2-4-6-8-10/h2-3,8H,4-7H2,1H3/b3-2+. The molecule has 0 aromatic carbocycles. The second-order valence-electron chi connectivity index (χ2n) is 2.33. The van der Waals surface area contributed by atoms with Gasteiger partial charge < -0.3 is 9.53 Å². The highest BCUT2D eigenvalue weighted by atomic mass is 16.5. The van der Waals surface area contributed by atoms with Crippen LogP contribution in [0.3, 0.4) is 0 Å². The lowest BCUT2D eigenvalue weighted by molar-refractivity contribution is -0.140. The number of hydrogen-bond donors (Lipinski definition) is 0. The molecule has 0 aromatic heterocycles. The first kappa shape index (κ1) is 10.9. The molecule has 0 bridgehead atoms. The lowest BCUT2D eigenvalue weighted by Gasteiger charge is -1.93. The summed E-state index contributed by atoms with van der Waals surface area (Å²) in [6.07, 6.45) is 7.07. The summed E-state index contributed by atoms with van der Waals surface area (Å²) in [5, 5.41) is 0. The van der Waals surface area contributed by atoms with Crippen LogP contribution in [0, 0.1) is 0 Å². The van der Waals surface area contributed by atoms with E-state index < -0.39 is 0 Å². The maximum Gasteiger partial charge on any atom is 0.305 e. The number of carbonyl (C=O) groups excluding carboxylic acids is 2. The van der Waals surface area contributed by atoms with Gasteiger partial charge in [-0.3, -0.25) is 4.79 Å². The summed E-state index contributed by atoms with van der Waals surface area (Å²) in [5.74, 6) is -0.199. The summed E-state index contributed by atoms with van der Waals surface area (Å²) in [6, 6.07) is 0. The zero-order valence-electron chi connectivity index (χ0n) is 7.29. The molecule has 68 valence electrons. The van der Waals surface area contributed by atoms with E-state index in [0.29, 0.717) is 19.3 Å². The number of carbonyl (C=O) groups is 2. The van der Waals surface area contributed by atoms with Crippen LogP contribution < -0.4 is 0 Å². The van der Waals surface area contributed by atoms with E-state index in [4.69, 9.17) is 0 Å². The molecule has 0 saturated carbocycles. The van der Waals surface area contributed by atoms with Crippen LogP contribution in [0.1, 0.15) is 25.7 Å². The number of methoxy groups -OCH3 is 1. The number of ether oxygens (including phenoxy) is 1. The largest absolute Gasteiger partial charge is 0.469 e. The van der Waals surface area contributed by atoms with E-state index in [-0.39, 0.29) is 5.97 Å². The Balaban J connectivity index is 3.23. The zero-order chi connectivity index (χ0) is 9.23. The first-order chi connectivity index (χ1) is 5.81. The molecular weight excluding hydrogens is 156 g/mol. The minimum Gasteiger partial charge on any atom is -0.469 e. The molecule has 0 heterocycles. The van der Waals surface area contributed by atoms with Crippen molar-refractivity contribution >= 4 is 12.3 Å². The topological polar surface area (TPSA) is 43.4 Å². The highest BCUT2D eigenvalue weighted by Crippen LogP contribution is 1.95. The third-order valence-electron chi connectivity index (χ3n) is 1.36. The first-order valence-corrected chi connectivity index (χ1v) is 3.96. The molecule has 0 rings (SSSR count). The summed E-state index contributed by atoms with van der Waals surface area (Å²) < 4.78 is 4.45. The third-order valence-corrected chi connectivity index (χ3v) is 1.36. The van der Waals surface area contributed by atoms with E-state index in [0.717, 1.165) is 12.7 Å². The van der Waals surface area contributed by atoms with E-state index in [1.165, 1.54) is 7.11 Å². The molecule has 12 heavy (non-hydrogen) atoms. The van der Waals surface area contributed by atoms with Gasteiger partial charge in [0.15, 0.2) is 0 Å².